The van der Waals surface area contributed by atoms with Crippen LogP contribution in [0.15, 0.2) is 54.9 Å². The number of carbonyl (C=O) groups excluding carboxylic acids is 1. The normalized spacial score (nSPS) is 17.5. The molecule has 1 amide bonds. The number of aromatic nitrogens is 2. The highest BCUT2D eigenvalue weighted by molar-refractivity contribution is 5.94. The van der Waals surface area contributed by atoms with Crippen molar-refractivity contribution in [1.82, 2.24) is 14.3 Å². The van der Waals surface area contributed by atoms with Crippen molar-refractivity contribution in [3.8, 4) is 0 Å². The fourth-order valence-corrected chi connectivity index (χ4v) is 3.56. The first-order valence-corrected chi connectivity index (χ1v) is 8.47. The Hall–Kier alpha value is -2.62. The van der Waals surface area contributed by atoms with Gasteiger partial charge in [0.15, 0.2) is 0 Å². The molecule has 2 aromatic heterocycles. The maximum atomic E-state index is 12.8. The van der Waals surface area contributed by atoms with E-state index in [0.29, 0.717) is 5.92 Å². The van der Waals surface area contributed by atoms with Crippen molar-refractivity contribution >= 4 is 11.6 Å². The summed E-state index contributed by atoms with van der Waals surface area (Å²) in [5.41, 5.74) is 3.93. The van der Waals surface area contributed by atoms with Gasteiger partial charge in [0.1, 0.15) is 5.65 Å². The van der Waals surface area contributed by atoms with Gasteiger partial charge in [0, 0.05) is 25.5 Å². The van der Waals surface area contributed by atoms with Gasteiger partial charge in [-0.15, -0.1) is 0 Å². The van der Waals surface area contributed by atoms with Gasteiger partial charge in [-0.2, -0.15) is 0 Å². The van der Waals surface area contributed by atoms with Gasteiger partial charge in [0.25, 0.3) is 5.91 Å². The average molecular weight is 319 g/mol. The molecule has 1 unspecified atom stereocenters. The number of imidazole rings is 1. The van der Waals surface area contributed by atoms with E-state index in [0.717, 1.165) is 42.8 Å². The molecule has 0 saturated carbocycles. The van der Waals surface area contributed by atoms with E-state index in [-0.39, 0.29) is 5.91 Å². The Labute approximate surface area is 141 Å². The Kier molecular flexibility index (Phi) is 3.81. The second-order valence-electron chi connectivity index (χ2n) is 6.66. The van der Waals surface area contributed by atoms with E-state index in [2.05, 4.69) is 29.2 Å². The van der Waals surface area contributed by atoms with E-state index in [1.165, 1.54) is 5.56 Å². The van der Waals surface area contributed by atoms with Gasteiger partial charge in [-0.25, -0.2) is 4.98 Å². The first-order valence-electron chi connectivity index (χ1n) is 8.47. The van der Waals surface area contributed by atoms with Crippen LogP contribution < -0.4 is 0 Å². The third-order valence-electron chi connectivity index (χ3n) is 4.76. The predicted octanol–water partition coefficient (Wildman–Crippen LogP) is 3.35. The molecule has 4 heteroatoms. The van der Waals surface area contributed by atoms with Crippen LogP contribution in [0.4, 0.5) is 0 Å². The topological polar surface area (TPSA) is 37.6 Å². The molecule has 3 heterocycles. The summed E-state index contributed by atoms with van der Waals surface area (Å²) >= 11 is 0. The fraction of sp³-hybridized carbons (Fsp3) is 0.300. The Bertz CT molecular complexity index is 869. The second-order valence-corrected chi connectivity index (χ2v) is 6.66. The lowest BCUT2D eigenvalue weighted by atomic mass is 9.99. The van der Waals surface area contributed by atoms with Crippen molar-refractivity contribution in [2.75, 3.05) is 13.1 Å². The molecule has 1 aromatic carbocycles. The number of likely N-dealkylation sites (tertiary alicyclic amines) is 1. The van der Waals surface area contributed by atoms with Gasteiger partial charge in [-0.05, 0) is 43.4 Å². The molecule has 0 radical (unpaired) electrons. The largest absolute Gasteiger partial charge is 0.338 e. The summed E-state index contributed by atoms with van der Waals surface area (Å²) < 4.78 is 1.93. The lowest BCUT2D eigenvalue weighted by Gasteiger charge is -2.17. The van der Waals surface area contributed by atoms with Gasteiger partial charge in [-0.1, -0.05) is 30.3 Å². The summed E-state index contributed by atoms with van der Waals surface area (Å²) in [6.45, 7) is 3.65. The molecule has 4 rings (SSSR count). The number of nitrogens with zero attached hydrogens (tertiary/aromatic N) is 3. The van der Waals surface area contributed by atoms with Crippen LogP contribution in [0, 0.1) is 12.8 Å². The predicted molar refractivity (Wildman–Crippen MR) is 94.1 cm³/mol. The molecule has 1 saturated heterocycles. The number of pyridine rings is 1. The number of benzene rings is 1. The first-order chi connectivity index (χ1) is 11.7. The Morgan fingerprint density at radius 3 is 2.83 bits per heavy atom. The molecule has 1 fully saturated rings. The molecule has 0 bridgehead atoms. The monoisotopic (exact) mass is 319 g/mol. The minimum atomic E-state index is 0.124. The van der Waals surface area contributed by atoms with Crippen LogP contribution in [0.2, 0.25) is 0 Å². The van der Waals surface area contributed by atoms with E-state index in [4.69, 9.17) is 0 Å². The molecular weight excluding hydrogens is 298 g/mol. The second kappa shape index (κ2) is 6.11. The van der Waals surface area contributed by atoms with Crippen LogP contribution in [0.5, 0.6) is 0 Å². The van der Waals surface area contributed by atoms with Gasteiger partial charge >= 0.3 is 0 Å². The zero-order valence-electron chi connectivity index (χ0n) is 13.9. The van der Waals surface area contributed by atoms with E-state index >= 15 is 0 Å². The molecule has 1 atom stereocenters. The summed E-state index contributed by atoms with van der Waals surface area (Å²) in [4.78, 5) is 19.2. The maximum Gasteiger partial charge on any atom is 0.255 e. The van der Waals surface area contributed by atoms with Crippen LogP contribution in [0.1, 0.15) is 28.0 Å². The van der Waals surface area contributed by atoms with Crippen LogP contribution >= 0.6 is 0 Å². The summed E-state index contributed by atoms with van der Waals surface area (Å²) in [5, 5.41) is 0. The Morgan fingerprint density at radius 2 is 2.00 bits per heavy atom. The minimum Gasteiger partial charge on any atom is -0.338 e. The van der Waals surface area contributed by atoms with E-state index in [1.807, 2.05) is 46.8 Å². The SMILES string of the molecule is Cc1cn2cc(C(=O)N3CCC(Cc4ccccc4)C3)ccc2n1. The maximum absolute atomic E-state index is 12.8. The molecule has 0 aliphatic carbocycles. The fourth-order valence-electron chi connectivity index (χ4n) is 3.56. The molecule has 1 aliphatic heterocycles. The summed E-state index contributed by atoms with van der Waals surface area (Å²) in [7, 11) is 0. The van der Waals surface area contributed by atoms with Crippen molar-refractivity contribution in [3.63, 3.8) is 0 Å². The third kappa shape index (κ3) is 2.92. The molecule has 4 nitrogen and oxygen atoms in total. The third-order valence-corrected chi connectivity index (χ3v) is 4.76. The molecule has 0 spiro atoms. The highest BCUT2D eigenvalue weighted by Gasteiger charge is 2.27. The van der Waals surface area contributed by atoms with Crippen molar-refractivity contribution in [2.45, 2.75) is 19.8 Å². The zero-order chi connectivity index (χ0) is 16.5. The van der Waals surface area contributed by atoms with Crippen LogP contribution in [-0.2, 0) is 6.42 Å². The average Bonchev–Trinajstić information content (AvgIpc) is 3.20. The van der Waals surface area contributed by atoms with E-state index in [9.17, 15) is 4.79 Å². The van der Waals surface area contributed by atoms with Gasteiger partial charge < -0.3 is 9.30 Å². The van der Waals surface area contributed by atoms with Gasteiger partial charge in [0.2, 0.25) is 0 Å². The highest BCUT2D eigenvalue weighted by atomic mass is 16.2. The summed E-state index contributed by atoms with van der Waals surface area (Å²) in [6, 6.07) is 14.3. The molecular formula is C20H21N3O. The van der Waals surface area contributed by atoms with Crippen LogP contribution in [0.3, 0.4) is 0 Å². The van der Waals surface area contributed by atoms with Crippen molar-refractivity contribution in [1.29, 1.82) is 0 Å². The molecule has 0 N–H and O–H groups in total. The van der Waals surface area contributed by atoms with Gasteiger partial charge in [0.05, 0.1) is 11.3 Å². The molecule has 3 aromatic rings. The zero-order valence-corrected chi connectivity index (χ0v) is 13.9. The van der Waals surface area contributed by atoms with E-state index in [1.54, 1.807) is 0 Å². The first kappa shape index (κ1) is 14.9. The standard InChI is InChI=1S/C20H21N3O/c1-15-12-23-14-18(7-8-19(23)21-15)20(24)22-10-9-17(13-22)11-16-5-3-2-4-6-16/h2-8,12,14,17H,9-11,13H2,1H3. The Morgan fingerprint density at radius 1 is 1.17 bits per heavy atom. The van der Waals surface area contributed by atoms with Crippen LogP contribution in [0.25, 0.3) is 5.65 Å². The number of amides is 1. The lowest BCUT2D eigenvalue weighted by Crippen LogP contribution is -2.29. The van der Waals surface area contributed by atoms with Crippen LogP contribution in [-0.4, -0.2) is 33.3 Å². The van der Waals surface area contributed by atoms with E-state index < -0.39 is 0 Å². The number of hydrogen-bond acceptors (Lipinski definition) is 2. The smallest absolute Gasteiger partial charge is 0.255 e. The highest BCUT2D eigenvalue weighted by Crippen LogP contribution is 2.22. The Balaban J connectivity index is 1.46. The minimum absolute atomic E-state index is 0.124. The molecule has 122 valence electrons. The summed E-state index contributed by atoms with van der Waals surface area (Å²) in [5.74, 6) is 0.675. The summed E-state index contributed by atoms with van der Waals surface area (Å²) in [6.07, 6.45) is 5.97. The number of carbonyl (C=O) groups is 1. The number of aryl methyl sites for hydroxylation is 1. The van der Waals surface area contributed by atoms with Gasteiger partial charge in [-0.3, -0.25) is 4.79 Å². The molecule has 1 aliphatic rings. The number of rotatable bonds is 3. The van der Waals surface area contributed by atoms with Crippen molar-refractivity contribution in [2.24, 2.45) is 5.92 Å². The number of fused-ring (bicyclic) bond motifs is 1. The van der Waals surface area contributed by atoms with Crippen molar-refractivity contribution in [3.05, 3.63) is 71.7 Å². The molecule has 24 heavy (non-hydrogen) atoms. The quantitative estimate of drug-likeness (QED) is 0.742. The van der Waals surface area contributed by atoms with Crippen molar-refractivity contribution < 1.29 is 4.79 Å². The number of hydrogen-bond donors (Lipinski definition) is 0. The lowest BCUT2D eigenvalue weighted by molar-refractivity contribution is 0.0786.